The average Bonchev–Trinajstić information content (AvgIpc) is 2.45. The highest BCUT2D eigenvalue weighted by atomic mass is 79.9. The van der Waals surface area contributed by atoms with Crippen LogP contribution in [-0.2, 0) is 7.05 Å². The fourth-order valence-electron chi connectivity index (χ4n) is 1.87. The summed E-state index contributed by atoms with van der Waals surface area (Å²) >= 11 is 3.33. The largest absolute Gasteiger partial charge is 0.507 e. The van der Waals surface area contributed by atoms with Crippen LogP contribution >= 0.6 is 15.9 Å². The Morgan fingerprint density at radius 3 is 2.73 bits per heavy atom. The van der Waals surface area contributed by atoms with Gasteiger partial charge < -0.3 is 9.67 Å². The number of phenolic OH excluding ortho intramolecular Hbond substituents is 1. The van der Waals surface area contributed by atoms with Crippen molar-refractivity contribution in [1.82, 2.24) is 4.57 Å². The summed E-state index contributed by atoms with van der Waals surface area (Å²) in [5.41, 5.74) is 2.45. The summed E-state index contributed by atoms with van der Waals surface area (Å²) in [6, 6.07) is 3.41. The van der Waals surface area contributed by atoms with Gasteiger partial charge in [0.1, 0.15) is 5.75 Å². The molecule has 1 N–H and O–H groups in total. The van der Waals surface area contributed by atoms with Gasteiger partial charge in [-0.15, -0.1) is 0 Å². The van der Waals surface area contributed by atoms with E-state index in [-0.39, 0.29) is 5.75 Å². The summed E-state index contributed by atoms with van der Waals surface area (Å²) in [6.45, 7) is 1.87. The molecule has 1 aromatic carbocycles. The van der Waals surface area contributed by atoms with Crippen LogP contribution in [0, 0.1) is 6.92 Å². The van der Waals surface area contributed by atoms with E-state index in [1.54, 1.807) is 12.1 Å². The molecule has 0 fully saturated rings. The number of carbonyl (C=O) groups excluding carboxylic acids is 1. The SMILES string of the molecule is Cc1c(C=O)n(C)c2ccc(O)c(Br)c12. The van der Waals surface area contributed by atoms with Crippen molar-refractivity contribution in [3.63, 3.8) is 0 Å². The first-order valence-corrected chi connectivity index (χ1v) is 5.29. The highest BCUT2D eigenvalue weighted by Crippen LogP contribution is 2.36. The van der Waals surface area contributed by atoms with Crippen molar-refractivity contribution in [3.05, 3.63) is 27.9 Å². The fourth-order valence-corrected chi connectivity index (χ4v) is 2.50. The summed E-state index contributed by atoms with van der Waals surface area (Å²) in [5, 5.41) is 10.5. The maximum absolute atomic E-state index is 10.9. The van der Waals surface area contributed by atoms with Crippen LogP contribution < -0.4 is 0 Å². The monoisotopic (exact) mass is 267 g/mol. The van der Waals surface area contributed by atoms with Crippen molar-refractivity contribution in [2.24, 2.45) is 7.05 Å². The Morgan fingerprint density at radius 2 is 2.13 bits per heavy atom. The molecule has 1 heterocycles. The van der Waals surface area contributed by atoms with Crippen molar-refractivity contribution >= 4 is 33.1 Å². The summed E-state index contributed by atoms with van der Waals surface area (Å²) in [7, 11) is 1.84. The molecule has 15 heavy (non-hydrogen) atoms. The molecule has 1 aromatic heterocycles. The van der Waals surface area contributed by atoms with Gasteiger partial charge in [0.15, 0.2) is 6.29 Å². The van der Waals surface area contributed by atoms with Gasteiger partial charge in [-0.2, -0.15) is 0 Å². The van der Waals surface area contributed by atoms with Gasteiger partial charge in [-0.05, 0) is 40.5 Å². The maximum Gasteiger partial charge on any atom is 0.166 e. The van der Waals surface area contributed by atoms with Crippen LogP contribution in [0.1, 0.15) is 16.1 Å². The molecule has 0 radical (unpaired) electrons. The zero-order valence-corrected chi connectivity index (χ0v) is 10.00. The van der Waals surface area contributed by atoms with Crippen LogP contribution in [0.3, 0.4) is 0 Å². The van der Waals surface area contributed by atoms with Crippen LogP contribution in [0.2, 0.25) is 0 Å². The summed E-state index contributed by atoms with van der Waals surface area (Å²) in [6.07, 6.45) is 0.832. The minimum atomic E-state index is 0.189. The number of hydrogen-bond donors (Lipinski definition) is 1. The van der Waals surface area contributed by atoms with E-state index in [4.69, 9.17) is 0 Å². The molecule has 2 aromatic rings. The number of aromatic nitrogens is 1. The van der Waals surface area contributed by atoms with E-state index in [0.717, 1.165) is 22.8 Å². The topological polar surface area (TPSA) is 42.2 Å². The molecule has 2 rings (SSSR count). The van der Waals surface area contributed by atoms with Gasteiger partial charge in [0.25, 0.3) is 0 Å². The Labute approximate surface area is 95.5 Å². The highest BCUT2D eigenvalue weighted by molar-refractivity contribution is 9.10. The van der Waals surface area contributed by atoms with Gasteiger partial charge in [0.2, 0.25) is 0 Å². The number of benzene rings is 1. The minimum absolute atomic E-state index is 0.189. The summed E-state index contributed by atoms with van der Waals surface area (Å²) in [5.74, 6) is 0.189. The van der Waals surface area contributed by atoms with E-state index >= 15 is 0 Å². The minimum Gasteiger partial charge on any atom is -0.507 e. The van der Waals surface area contributed by atoms with Crippen molar-refractivity contribution in [2.45, 2.75) is 6.92 Å². The van der Waals surface area contributed by atoms with E-state index in [9.17, 15) is 9.90 Å². The molecule has 0 bridgehead atoms. The summed E-state index contributed by atoms with van der Waals surface area (Å²) in [4.78, 5) is 10.9. The molecule has 0 aliphatic carbocycles. The number of rotatable bonds is 1. The normalized spacial score (nSPS) is 10.9. The van der Waals surface area contributed by atoms with Gasteiger partial charge in [0.05, 0.1) is 10.2 Å². The molecule has 78 valence electrons. The lowest BCUT2D eigenvalue weighted by Crippen LogP contribution is -1.94. The Balaban J connectivity index is 3.02. The number of aryl methyl sites for hydroxylation is 2. The molecular weight excluding hydrogens is 258 g/mol. The third-order valence-electron chi connectivity index (χ3n) is 2.69. The van der Waals surface area contributed by atoms with Crippen LogP contribution in [0.5, 0.6) is 5.75 Å². The first-order chi connectivity index (χ1) is 7.07. The van der Waals surface area contributed by atoms with E-state index in [1.807, 2.05) is 18.5 Å². The maximum atomic E-state index is 10.9. The quantitative estimate of drug-likeness (QED) is 0.808. The smallest absolute Gasteiger partial charge is 0.166 e. The van der Waals surface area contributed by atoms with Gasteiger partial charge in [-0.25, -0.2) is 0 Å². The standard InChI is InChI=1S/C11H10BrNO2/c1-6-8(5-14)13(2)7-3-4-9(15)11(12)10(6)7/h3-5,15H,1-2H3. The number of phenols is 1. The van der Waals surface area contributed by atoms with E-state index < -0.39 is 0 Å². The third-order valence-corrected chi connectivity index (χ3v) is 3.50. The van der Waals surface area contributed by atoms with Gasteiger partial charge in [-0.1, -0.05) is 0 Å². The number of carbonyl (C=O) groups is 1. The van der Waals surface area contributed by atoms with E-state index in [2.05, 4.69) is 15.9 Å². The Bertz CT molecular complexity index is 557. The number of nitrogens with zero attached hydrogens (tertiary/aromatic N) is 1. The lowest BCUT2D eigenvalue weighted by molar-refractivity contribution is 0.111. The molecule has 0 aliphatic rings. The van der Waals surface area contributed by atoms with Gasteiger partial charge in [0, 0.05) is 18.0 Å². The van der Waals surface area contributed by atoms with Crippen LogP contribution in [0.25, 0.3) is 10.9 Å². The lowest BCUT2D eigenvalue weighted by atomic mass is 10.1. The molecule has 0 aliphatic heterocycles. The molecule has 4 heteroatoms. The summed E-state index contributed by atoms with van der Waals surface area (Å²) < 4.78 is 2.46. The lowest BCUT2D eigenvalue weighted by Gasteiger charge is -2.00. The molecule has 0 saturated heterocycles. The first kappa shape index (κ1) is 10.2. The molecule has 0 saturated carbocycles. The fraction of sp³-hybridized carbons (Fsp3) is 0.182. The predicted octanol–water partition coefficient (Wildman–Crippen LogP) is 2.77. The molecule has 3 nitrogen and oxygen atoms in total. The van der Waals surface area contributed by atoms with Crippen LogP contribution in [0.15, 0.2) is 16.6 Å². The highest BCUT2D eigenvalue weighted by Gasteiger charge is 2.15. The third kappa shape index (κ3) is 1.28. The second-order valence-electron chi connectivity index (χ2n) is 3.48. The molecule has 0 amide bonds. The molecular formula is C11H10BrNO2. The van der Waals surface area contributed by atoms with Crippen molar-refractivity contribution in [3.8, 4) is 5.75 Å². The molecule has 0 unspecified atom stereocenters. The Hall–Kier alpha value is -1.29. The second kappa shape index (κ2) is 3.38. The van der Waals surface area contributed by atoms with Crippen molar-refractivity contribution in [2.75, 3.05) is 0 Å². The first-order valence-electron chi connectivity index (χ1n) is 4.49. The van der Waals surface area contributed by atoms with Crippen LogP contribution in [0.4, 0.5) is 0 Å². The molecule has 0 atom stereocenters. The van der Waals surface area contributed by atoms with Gasteiger partial charge >= 0.3 is 0 Å². The number of halogens is 1. The number of hydrogen-bond acceptors (Lipinski definition) is 2. The zero-order valence-electron chi connectivity index (χ0n) is 8.41. The Morgan fingerprint density at radius 1 is 1.47 bits per heavy atom. The van der Waals surface area contributed by atoms with Gasteiger partial charge in [-0.3, -0.25) is 4.79 Å². The average molecular weight is 268 g/mol. The van der Waals surface area contributed by atoms with Crippen LogP contribution in [-0.4, -0.2) is 16.0 Å². The number of fused-ring (bicyclic) bond motifs is 1. The number of aldehydes is 1. The Kier molecular flexibility index (Phi) is 2.31. The second-order valence-corrected chi connectivity index (χ2v) is 4.27. The zero-order chi connectivity index (χ0) is 11.2. The van der Waals surface area contributed by atoms with E-state index in [0.29, 0.717) is 10.2 Å². The van der Waals surface area contributed by atoms with Crippen molar-refractivity contribution in [1.29, 1.82) is 0 Å². The molecule has 0 spiro atoms. The van der Waals surface area contributed by atoms with E-state index in [1.165, 1.54) is 0 Å². The predicted molar refractivity (Wildman–Crippen MR) is 62.4 cm³/mol. The van der Waals surface area contributed by atoms with Crippen molar-refractivity contribution < 1.29 is 9.90 Å². The number of aromatic hydroxyl groups is 1.